The van der Waals surface area contributed by atoms with E-state index < -0.39 is 0 Å². The van der Waals surface area contributed by atoms with Crippen molar-refractivity contribution in [2.24, 2.45) is 5.73 Å². The Balaban J connectivity index is 2.47. The Hall–Kier alpha value is -0.740. The maximum Gasteiger partial charge on any atom is 0.0299 e. The summed E-state index contributed by atoms with van der Waals surface area (Å²) in [6.07, 6.45) is 6.67. The molecule has 0 aliphatic heterocycles. The second-order valence-electron chi connectivity index (χ2n) is 2.98. The van der Waals surface area contributed by atoms with Gasteiger partial charge in [0, 0.05) is 12.5 Å². The number of rotatable bonds is 1. The van der Waals surface area contributed by atoms with Crippen molar-refractivity contribution >= 4 is 0 Å². The fourth-order valence-corrected chi connectivity index (χ4v) is 1.38. The van der Waals surface area contributed by atoms with Crippen LogP contribution >= 0.6 is 0 Å². The van der Waals surface area contributed by atoms with Crippen LogP contribution in [0.15, 0.2) is 11.6 Å². The van der Waals surface area contributed by atoms with Gasteiger partial charge in [0.1, 0.15) is 0 Å². The largest absolute Gasteiger partial charge is 0.324 e. The second-order valence-corrected chi connectivity index (χ2v) is 2.98. The maximum atomic E-state index is 5.77. The van der Waals surface area contributed by atoms with Gasteiger partial charge in [0.05, 0.1) is 0 Å². The third kappa shape index (κ3) is 2.78. The first-order valence-corrected chi connectivity index (χ1v) is 4.17. The highest BCUT2D eigenvalue weighted by Gasteiger charge is 2.07. The van der Waals surface area contributed by atoms with E-state index in [9.17, 15) is 0 Å². The highest BCUT2D eigenvalue weighted by Crippen LogP contribution is 2.18. The average Bonchev–Trinajstić information content (AvgIpc) is 2.01. The molecule has 0 fully saturated rings. The van der Waals surface area contributed by atoms with Crippen LogP contribution in [0.2, 0.25) is 0 Å². The lowest BCUT2D eigenvalue weighted by molar-refractivity contribution is 0.620. The molecule has 1 heteroatoms. The van der Waals surface area contributed by atoms with Gasteiger partial charge in [-0.15, -0.1) is 5.92 Å². The first kappa shape index (κ1) is 8.36. The van der Waals surface area contributed by atoms with E-state index in [4.69, 9.17) is 5.73 Å². The topological polar surface area (TPSA) is 26.0 Å². The summed E-state index contributed by atoms with van der Waals surface area (Å²) in [6.45, 7) is 1.88. The number of hydrogen-bond donors (Lipinski definition) is 1. The summed E-state index contributed by atoms with van der Waals surface area (Å²) in [5.74, 6) is 5.96. The van der Waals surface area contributed by atoms with Crippen LogP contribution in [0.4, 0.5) is 0 Å². The average molecular weight is 149 g/mol. The molecule has 1 aliphatic carbocycles. The smallest absolute Gasteiger partial charge is 0.0299 e. The van der Waals surface area contributed by atoms with Gasteiger partial charge in [0.15, 0.2) is 0 Å². The Morgan fingerprint density at radius 3 is 3.18 bits per heavy atom. The summed E-state index contributed by atoms with van der Waals surface area (Å²) >= 11 is 0. The van der Waals surface area contributed by atoms with Gasteiger partial charge in [-0.25, -0.2) is 0 Å². The van der Waals surface area contributed by atoms with Gasteiger partial charge in [0.25, 0.3) is 0 Å². The molecule has 11 heavy (non-hydrogen) atoms. The molecule has 0 spiro atoms. The molecular formula is C10H15N. The Morgan fingerprint density at radius 2 is 2.55 bits per heavy atom. The number of allylic oxidation sites excluding steroid dienone is 1. The molecule has 1 atom stereocenters. The van der Waals surface area contributed by atoms with Gasteiger partial charge in [0.2, 0.25) is 0 Å². The molecule has 0 bridgehead atoms. The molecule has 1 unspecified atom stereocenters. The Bertz CT molecular complexity index is 205. The molecule has 0 aromatic rings. The van der Waals surface area contributed by atoms with Crippen molar-refractivity contribution in [3.05, 3.63) is 11.6 Å². The van der Waals surface area contributed by atoms with Gasteiger partial charge in [-0.3, -0.25) is 0 Å². The molecule has 0 heterocycles. The van der Waals surface area contributed by atoms with Crippen LogP contribution in [-0.2, 0) is 0 Å². The monoisotopic (exact) mass is 149 g/mol. The van der Waals surface area contributed by atoms with Crippen LogP contribution in [0.3, 0.4) is 0 Å². The van der Waals surface area contributed by atoms with E-state index in [2.05, 4.69) is 17.9 Å². The van der Waals surface area contributed by atoms with Crippen molar-refractivity contribution in [2.45, 2.75) is 38.6 Å². The molecule has 0 aromatic carbocycles. The van der Waals surface area contributed by atoms with Crippen molar-refractivity contribution < 1.29 is 0 Å². The number of nitrogens with two attached hydrogens (primary N) is 1. The molecule has 1 aliphatic rings. The fourth-order valence-electron chi connectivity index (χ4n) is 1.38. The van der Waals surface area contributed by atoms with Crippen molar-refractivity contribution in [2.75, 3.05) is 0 Å². The Morgan fingerprint density at radius 1 is 1.73 bits per heavy atom. The van der Waals surface area contributed by atoms with Crippen LogP contribution in [-0.4, -0.2) is 6.04 Å². The molecule has 0 saturated carbocycles. The van der Waals surface area contributed by atoms with E-state index in [1.54, 1.807) is 0 Å². The van der Waals surface area contributed by atoms with E-state index in [1.165, 1.54) is 18.4 Å². The zero-order valence-corrected chi connectivity index (χ0v) is 7.06. The summed E-state index contributed by atoms with van der Waals surface area (Å²) in [5, 5.41) is 0. The molecule has 2 N–H and O–H groups in total. The lowest BCUT2D eigenvalue weighted by atomic mass is 9.94. The van der Waals surface area contributed by atoms with E-state index in [1.807, 2.05) is 6.92 Å². The zero-order chi connectivity index (χ0) is 8.10. The van der Waals surface area contributed by atoms with Crippen molar-refractivity contribution in [3.63, 3.8) is 0 Å². The normalized spacial score (nSPS) is 23.5. The third-order valence-corrected chi connectivity index (χ3v) is 1.98. The van der Waals surface area contributed by atoms with E-state index in [0.717, 1.165) is 12.8 Å². The van der Waals surface area contributed by atoms with Crippen LogP contribution in [0.5, 0.6) is 0 Å². The van der Waals surface area contributed by atoms with Crippen molar-refractivity contribution in [1.29, 1.82) is 0 Å². The second kappa shape index (κ2) is 4.20. The lowest BCUT2D eigenvalue weighted by Crippen LogP contribution is -2.20. The van der Waals surface area contributed by atoms with E-state index in [-0.39, 0.29) is 6.04 Å². The Kier molecular flexibility index (Phi) is 3.19. The summed E-state index contributed by atoms with van der Waals surface area (Å²) < 4.78 is 0. The summed E-state index contributed by atoms with van der Waals surface area (Å²) in [5.41, 5.74) is 7.20. The molecule has 0 amide bonds. The molecule has 0 saturated heterocycles. The summed E-state index contributed by atoms with van der Waals surface area (Å²) in [6, 6.07) is 0.289. The van der Waals surface area contributed by atoms with Gasteiger partial charge >= 0.3 is 0 Å². The highest BCUT2D eigenvalue weighted by atomic mass is 14.6. The van der Waals surface area contributed by atoms with Crippen molar-refractivity contribution in [3.8, 4) is 11.8 Å². The van der Waals surface area contributed by atoms with Crippen LogP contribution in [0.25, 0.3) is 0 Å². The zero-order valence-electron chi connectivity index (χ0n) is 7.06. The van der Waals surface area contributed by atoms with Crippen LogP contribution in [0, 0.1) is 11.8 Å². The lowest BCUT2D eigenvalue weighted by Gasteiger charge is -2.15. The standard InChI is InChI=1S/C10H15N/c1-2-3-5-9-6-4-7-10(11)8-9/h8,10H,4-7,11H2,1H3. The Labute approximate surface area is 68.7 Å². The first-order valence-electron chi connectivity index (χ1n) is 4.17. The van der Waals surface area contributed by atoms with Gasteiger partial charge < -0.3 is 5.73 Å². The molecule has 0 radical (unpaired) electrons. The SMILES string of the molecule is CC#CCC1=CC(N)CCC1. The van der Waals surface area contributed by atoms with Crippen molar-refractivity contribution in [1.82, 2.24) is 0 Å². The van der Waals surface area contributed by atoms with Gasteiger partial charge in [-0.1, -0.05) is 17.6 Å². The summed E-state index contributed by atoms with van der Waals surface area (Å²) in [7, 11) is 0. The minimum Gasteiger partial charge on any atom is -0.324 e. The van der Waals surface area contributed by atoms with Gasteiger partial charge in [-0.05, 0) is 26.2 Å². The van der Waals surface area contributed by atoms with E-state index in [0.29, 0.717) is 0 Å². The quantitative estimate of drug-likeness (QED) is 0.447. The predicted molar refractivity (Wildman–Crippen MR) is 48.0 cm³/mol. The first-order chi connectivity index (χ1) is 5.33. The molecule has 1 nitrogen and oxygen atoms in total. The van der Waals surface area contributed by atoms with Gasteiger partial charge in [-0.2, -0.15) is 0 Å². The third-order valence-electron chi connectivity index (χ3n) is 1.98. The van der Waals surface area contributed by atoms with Crippen LogP contribution in [0.1, 0.15) is 32.6 Å². The maximum absolute atomic E-state index is 5.77. The molecular weight excluding hydrogens is 134 g/mol. The number of hydrogen-bond acceptors (Lipinski definition) is 1. The van der Waals surface area contributed by atoms with E-state index >= 15 is 0 Å². The predicted octanol–water partition coefficient (Wildman–Crippen LogP) is 1.84. The minimum atomic E-state index is 0.289. The van der Waals surface area contributed by atoms with Crippen LogP contribution < -0.4 is 5.73 Å². The molecule has 0 aromatic heterocycles. The fraction of sp³-hybridized carbons (Fsp3) is 0.600. The minimum absolute atomic E-state index is 0.289. The summed E-state index contributed by atoms with van der Waals surface area (Å²) in [4.78, 5) is 0. The molecule has 60 valence electrons. The molecule has 1 rings (SSSR count). The highest BCUT2D eigenvalue weighted by molar-refractivity contribution is 5.17.